The molecule has 1 saturated carbocycles. The Morgan fingerprint density at radius 3 is 1.80 bits per heavy atom. The van der Waals surface area contributed by atoms with Crippen LogP contribution in [-0.2, 0) is 10.1 Å². The maximum Gasteiger partial charge on any atom is 0.295 e. The molecule has 0 unspecified atom stereocenters. The fourth-order valence-electron chi connectivity index (χ4n) is 4.43. The van der Waals surface area contributed by atoms with Crippen molar-refractivity contribution in [1.82, 2.24) is 0 Å². The van der Waals surface area contributed by atoms with Gasteiger partial charge in [0, 0.05) is 0 Å². The van der Waals surface area contributed by atoms with Gasteiger partial charge in [-0.05, 0) is 58.8 Å². The van der Waals surface area contributed by atoms with E-state index in [1.54, 1.807) is 0 Å². The van der Waals surface area contributed by atoms with Crippen LogP contribution in [0, 0.1) is 0 Å². The SMILES string of the molecule is CC(C)c1cc(C2CCCCC2)c(C(C)C)c(S(=O)(=O)O)c1C(C)C. The smallest absolute Gasteiger partial charge is 0.282 e. The van der Waals surface area contributed by atoms with E-state index in [1.165, 1.54) is 19.3 Å². The predicted molar refractivity (Wildman–Crippen MR) is 104 cm³/mol. The van der Waals surface area contributed by atoms with Crippen LogP contribution in [0.2, 0.25) is 0 Å². The van der Waals surface area contributed by atoms with Crippen molar-refractivity contribution < 1.29 is 13.0 Å². The van der Waals surface area contributed by atoms with Crippen LogP contribution in [0.15, 0.2) is 11.0 Å². The van der Waals surface area contributed by atoms with Gasteiger partial charge in [-0.1, -0.05) is 66.9 Å². The van der Waals surface area contributed by atoms with Crippen molar-refractivity contribution in [2.45, 2.75) is 102 Å². The zero-order valence-corrected chi connectivity index (χ0v) is 17.4. The molecule has 0 spiro atoms. The van der Waals surface area contributed by atoms with Crippen LogP contribution in [0.4, 0.5) is 0 Å². The highest BCUT2D eigenvalue weighted by Crippen LogP contribution is 2.44. The Kier molecular flexibility index (Phi) is 6.37. The van der Waals surface area contributed by atoms with Crippen molar-refractivity contribution in [3.63, 3.8) is 0 Å². The number of rotatable bonds is 5. The summed E-state index contributed by atoms with van der Waals surface area (Å²) in [7, 11) is -4.27. The Balaban J connectivity index is 2.90. The Morgan fingerprint density at radius 2 is 1.40 bits per heavy atom. The molecule has 1 aliphatic rings. The molecule has 0 saturated heterocycles. The van der Waals surface area contributed by atoms with Crippen molar-refractivity contribution in [2.75, 3.05) is 0 Å². The third kappa shape index (κ3) is 4.28. The average molecular weight is 367 g/mol. The van der Waals surface area contributed by atoms with E-state index in [1.807, 2.05) is 27.7 Å². The summed E-state index contributed by atoms with van der Waals surface area (Å²) in [6.07, 6.45) is 5.89. The molecule has 1 fully saturated rings. The first-order valence-electron chi connectivity index (χ1n) is 9.73. The summed E-state index contributed by atoms with van der Waals surface area (Å²) in [5, 5.41) is 0. The van der Waals surface area contributed by atoms with Gasteiger partial charge in [0.2, 0.25) is 0 Å². The lowest BCUT2D eigenvalue weighted by Gasteiger charge is -2.31. The number of benzene rings is 1. The molecule has 0 amide bonds. The van der Waals surface area contributed by atoms with E-state index in [0.29, 0.717) is 5.92 Å². The zero-order chi connectivity index (χ0) is 18.9. The predicted octanol–water partition coefficient (Wildman–Crippen LogP) is 6.35. The molecule has 0 aliphatic heterocycles. The van der Waals surface area contributed by atoms with Gasteiger partial charge in [0.1, 0.15) is 4.90 Å². The molecule has 4 heteroatoms. The first-order chi connectivity index (χ1) is 11.6. The summed E-state index contributed by atoms with van der Waals surface area (Å²) < 4.78 is 35.0. The summed E-state index contributed by atoms with van der Waals surface area (Å²) >= 11 is 0. The average Bonchev–Trinajstić information content (AvgIpc) is 2.52. The maximum absolute atomic E-state index is 12.4. The molecule has 1 aliphatic carbocycles. The van der Waals surface area contributed by atoms with Gasteiger partial charge in [0.05, 0.1) is 0 Å². The third-order valence-electron chi connectivity index (χ3n) is 5.50. The van der Waals surface area contributed by atoms with E-state index >= 15 is 0 Å². The van der Waals surface area contributed by atoms with Crippen LogP contribution < -0.4 is 0 Å². The standard InChI is InChI=1S/C21H34O3S/c1-13(2)17-12-18(16-10-8-7-9-11-16)20(15(5)6)21(25(22,23)24)19(17)14(3)4/h12-16H,7-11H2,1-6H3,(H,22,23,24). The van der Waals surface area contributed by atoms with Gasteiger partial charge in [-0.25, -0.2) is 0 Å². The van der Waals surface area contributed by atoms with Crippen LogP contribution in [0.25, 0.3) is 0 Å². The van der Waals surface area contributed by atoms with Gasteiger partial charge in [-0.3, -0.25) is 4.55 Å². The minimum Gasteiger partial charge on any atom is -0.282 e. The fourth-order valence-corrected chi connectivity index (χ4v) is 5.69. The quantitative estimate of drug-likeness (QED) is 0.618. The van der Waals surface area contributed by atoms with Crippen LogP contribution in [0.3, 0.4) is 0 Å². The Morgan fingerprint density at radius 1 is 0.880 bits per heavy atom. The maximum atomic E-state index is 12.4. The topological polar surface area (TPSA) is 54.4 Å². The van der Waals surface area contributed by atoms with Crippen molar-refractivity contribution in [3.8, 4) is 0 Å². The molecule has 1 N–H and O–H groups in total. The second-order valence-electron chi connectivity index (χ2n) is 8.49. The van der Waals surface area contributed by atoms with Crippen molar-refractivity contribution >= 4 is 10.1 Å². The minimum atomic E-state index is -4.27. The van der Waals surface area contributed by atoms with E-state index in [-0.39, 0.29) is 22.6 Å². The summed E-state index contributed by atoms with van der Waals surface area (Å²) in [4.78, 5) is 0.198. The monoisotopic (exact) mass is 366 g/mol. The lowest BCUT2D eigenvalue weighted by Crippen LogP contribution is -2.18. The van der Waals surface area contributed by atoms with E-state index < -0.39 is 10.1 Å². The zero-order valence-electron chi connectivity index (χ0n) is 16.6. The molecular weight excluding hydrogens is 332 g/mol. The summed E-state index contributed by atoms with van der Waals surface area (Å²) in [6, 6.07) is 2.26. The minimum absolute atomic E-state index is 0.0484. The van der Waals surface area contributed by atoms with Crippen LogP contribution >= 0.6 is 0 Å². The van der Waals surface area contributed by atoms with Crippen molar-refractivity contribution in [3.05, 3.63) is 28.3 Å². The Bertz CT molecular complexity index is 709. The molecule has 0 atom stereocenters. The van der Waals surface area contributed by atoms with Gasteiger partial charge >= 0.3 is 0 Å². The van der Waals surface area contributed by atoms with E-state index in [9.17, 15) is 13.0 Å². The van der Waals surface area contributed by atoms with Gasteiger partial charge in [0.25, 0.3) is 10.1 Å². The third-order valence-corrected chi connectivity index (χ3v) is 6.46. The Labute approximate surface area is 154 Å². The lowest BCUT2D eigenvalue weighted by atomic mass is 9.76. The first-order valence-corrected chi connectivity index (χ1v) is 11.2. The van der Waals surface area contributed by atoms with Gasteiger partial charge < -0.3 is 0 Å². The van der Waals surface area contributed by atoms with Gasteiger partial charge in [-0.15, -0.1) is 0 Å². The molecule has 0 bridgehead atoms. The molecule has 25 heavy (non-hydrogen) atoms. The summed E-state index contributed by atoms with van der Waals surface area (Å²) in [6.45, 7) is 12.3. The molecule has 142 valence electrons. The van der Waals surface area contributed by atoms with E-state index in [4.69, 9.17) is 0 Å². The molecule has 0 heterocycles. The fraction of sp³-hybridized carbons (Fsp3) is 0.714. The highest BCUT2D eigenvalue weighted by molar-refractivity contribution is 7.86. The summed E-state index contributed by atoms with van der Waals surface area (Å²) in [5.41, 5.74) is 3.89. The molecule has 2 rings (SSSR count). The highest BCUT2D eigenvalue weighted by atomic mass is 32.2. The van der Waals surface area contributed by atoms with Crippen LogP contribution in [0.5, 0.6) is 0 Å². The molecule has 1 aromatic rings. The largest absolute Gasteiger partial charge is 0.295 e. The van der Waals surface area contributed by atoms with Crippen molar-refractivity contribution in [2.24, 2.45) is 0 Å². The summed E-state index contributed by atoms with van der Waals surface area (Å²) in [5.74, 6) is 0.742. The van der Waals surface area contributed by atoms with Gasteiger partial charge in [0.15, 0.2) is 0 Å². The van der Waals surface area contributed by atoms with E-state index in [2.05, 4.69) is 19.9 Å². The second kappa shape index (κ2) is 7.79. The molecule has 1 aromatic carbocycles. The van der Waals surface area contributed by atoms with E-state index in [0.717, 1.165) is 35.1 Å². The Hall–Kier alpha value is -0.870. The number of hydrogen-bond donors (Lipinski definition) is 1. The lowest BCUT2D eigenvalue weighted by molar-refractivity contribution is 0.437. The molecule has 3 nitrogen and oxygen atoms in total. The second-order valence-corrected chi connectivity index (χ2v) is 9.84. The number of hydrogen-bond acceptors (Lipinski definition) is 2. The molecular formula is C21H34O3S. The van der Waals surface area contributed by atoms with Crippen LogP contribution in [-0.4, -0.2) is 13.0 Å². The van der Waals surface area contributed by atoms with Gasteiger partial charge in [-0.2, -0.15) is 8.42 Å². The highest BCUT2D eigenvalue weighted by Gasteiger charge is 2.32. The first kappa shape index (κ1) is 20.4. The van der Waals surface area contributed by atoms with Crippen molar-refractivity contribution in [1.29, 1.82) is 0 Å². The molecule has 0 aromatic heterocycles. The van der Waals surface area contributed by atoms with Crippen LogP contribution in [0.1, 0.15) is 120 Å². The molecule has 0 radical (unpaired) electrons. The normalized spacial score (nSPS) is 17.0.